The predicted octanol–water partition coefficient (Wildman–Crippen LogP) is 3.72. The maximum Gasteiger partial charge on any atom is 0.120 e. The maximum atomic E-state index is 9.98. The molecule has 0 amide bonds. The number of phenolic OH excluding ortho intramolecular Hbond substituents is 1. The quantitative estimate of drug-likeness (QED) is 0.914. The van der Waals surface area contributed by atoms with Crippen LogP contribution in [0.3, 0.4) is 0 Å². The average molecular weight is 328 g/mol. The molecule has 0 spiro atoms. The van der Waals surface area contributed by atoms with Gasteiger partial charge in [0.05, 0.1) is 6.10 Å². The number of hydrogen-bond acceptors (Lipinski definition) is 3. The summed E-state index contributed by atoms with van der Waals surface area (Å²) in [5.74, 6) is 0.354. The molecule has 3 nitrogen and oxygen atoms in total. The largest absolute Gasteiger partial charge is 0.508 e. The molecule has 1 saturated heterocycles. The fourth-order valence-electron chi connectivity index (χ4n) is 2.53. The molecule has 4 heteroatoms. The van der Waals surface area contributed by atoms with Crippen LogP contribution >= 0.6 is 15.9 Å². The van der Waals surface area contributed by atoms with Crippen LogP contribution < -0.4 is 0 Å². The van der Waals surface area contributed by atoms with Crippen LogP contribution in [0.1, 0.15) is 37.8 Å². The summed E-state index contributed by atoms with van der Waals surface area (Å²) in [7, 11) is 2.09. The van der Waals surface area contributed by atoms with E-state index in [2.05, 4.69) is 34.8 Å². The highest BCUT2D eigenvalue weighted by atomic mass is 79.9. The number of likely N-dealkylation sites (N-methyl/N-ethyl adjacent to an activating group) is 1. The second kappa shape index (κ2) is 6.73. The summed E-state index contributed by atoms with van der Waals surface area (Å²) in [5, 5.41) is 9.98. The van der Waals surface area contributed by atoms with Crippen molar-refractivity contribution in [2.75, 3.05) is 20.2 Å². The SMILES string of the molecule is CC(c1cc(Br)ccc1O)N(C)CC1CCCCO1. The summed E-state index contributed by atoms with van der Waals surface area (Å²) < 4.78 is 6.77. The van der Waals surface area contributed by atoms with Crippen molar-refractivity contribution in [3.8, 4) is 5.75 Å². The second-order valence-electron chi connectivity index (χ2n) is 5.31. The lowest BCUT2D eigenvalue weighted by atomic mass is 10.0. The Bertz CT molecular complexity index is 419. The minimum atomic E-state index is 0.169. The normalized spacial score (nSPS) is 21.6. The van der Waals surface area contributed by atoms with E-state index in [1.165, 1.54) is 12.8 Å². The molecule has 0 aromatic heterocycles. The first-order chi connectivity index (χ1) is 9.08. The van der Waals surface area contributed by atoms with Gasteiger partial charge in [0.2, 0.25) is 0 Å². The van der Waals surface area contributed by atoms with E-state index in [0.717, 1.165) is 29.6 Å². The topological polar surface area (TPSA) is 32.7 Å². The van der Waals surface area contributed by atoms with E-state index in [1.807, 2.05) is 12.1 Å². The Morgan fingerprint density at radius 3 is 2.95 bits per heavy atom. The van der Waals surface area contributed by atoms with Crippen molar-refractivity contribution >= 4 is 15.9 Å². The summed E-state index contributed by atoms with van der Waals surface area (Å²) in [6.07, 6.45) is 3.91. The smallest absolute Gasteiger partial charge is 0.120 e. The summed E-state index contributed by atoms with van der Waals surface area (Å²) in [6, 6.07) is 5.75. The van der Waals surface area contributed by atoms with Crippen LogP contribution in [0.2, 0.25) is 0 Å². The van der Waals surface area contributed by atoms with E-state index in [4.69, 9.17) is 4.74 Å². The number of halogens is 1. The summed E-state index contributed by atoms with van der Waals surface area (Å²) in [4.78, 5) is 2.25. The number of nitrogens with zero attached hydrogens (tertiary/aromatic N) is 1. The lowest BCUT2D eigenvalue weighted by Gasteiger charge is -2.31. The van der Waals surface area contributed by atoms with Crippen molar-refractivity contribution in [2.45, 2.75) is 38.3 Å². The number of benzene rings is 1. The van der Waals surface area contributed by atoms with Gasteiger partial charge in [-0.05, 0) is 51.4 Å². The van der Waals surface area contributed by atoms with E-state index < -0.39 is 0 Å². The highest BCUT2D eigenvalue weighted by molar-refractivity contribution is 9.10. The van der Waals surface area contributed by atoms with Gasteiger partial charge in [-0.15, -0.1) is 0 Å². The van der Waals surface area contributed by atoms with Crippen LogP contribution in [0.4, 0.5) is 0 Å². The van der Waals surface area contributed by atoms with Gasteiger partial charge < -0.3 is 9.84 Å². The molecule has 2 atom stereocenters. The third kappa shape index (κ3) is 3.94. The molecule has 2 rings (SSSR count). The first kappa shape index (κ1) is 14.8. The molecule has 1 aliphatic rings. The van der Waals surface area contributed by atoms with Gasteiger partial charge >= 0.3 is 0 Å². The monoisotopic (exact) mass is 327 g/mol. The van der Waals surface area contributed by atoms with Crippen LogP contribution in [0.25, 0.3) is 0 Å². The molecule has 0 radical (unpaired) electrons. The summed E-state index contributed by atoms with van der Waals surface area (Å²) in [6.45, 7) is 3.91. The zero-order valence-corrected chi connectivity index (χ0v) is 13.2. The van der Waals surface area contributed by atoms with E-state index in [0.29, 0.717) is 11.9 Å². The van der Waals surface area contributed by atoms with Gasteiger partial charge in [-0.2, -0.15) is 0 Å². The number of ether oxygens (including phenoxy) is 1. The van der Waals surface area contributed by atoms with E-state index in [1.54, 1.807) is 6.07 Å². The number of hydrogen-bond donors (Lipinski definition) is 1. The Balaban J connectivity index is 2.01. The Morgan fingerprint density at radius 2 is 2.26 bits per heavy atom. The van der Waals surface area contributed by atoms with Crippen molar-refractivity contribution < 1.29 is 9.84 Å². The molecular formula is C15H22BrNO2. The van der Waals surface area contributed by atoms with Crippen molar-refractivity contribution in [1.29, 1.82) is 0 Å². The van der Waals surface area contributed by atoms with E-state index >= 15 is 0 Å². The molecule has 1 aliphatic heterocycles. The molecule has 0 bridgehead atoms. The van der Waals surface area contributed by atoms with Crippen LogP contribution in [0, 0.1) is 0 Å². The third-order valence-electron chi connectivity index (χ3n) is 3.87. The Hall–Kier alpha value is -0.580. The van der Waals surface area contributed by atoms with Crippen molar-refractivity contribution in [1.82, 2.24) is 4.90 Å². The van der Waals surface area contributed by atoms with Crippen LogP contribution in [-0.2, 0) is 4.74 Å². The lowest BCUT2D eigenvalue weighted by Crippen LogP contribution is -2.34. The molecule has 1 fully saturated rings. The molecular weight excluding hydrogens is 306 g/mol. The fourth-order valence-corrected chi connectivity index (χ4v) is 2.91. The van der Waals surface area contributed by atoms with Gasteiger partial charge in [0.1, 0.15) is 5.75 Å². The zero-order valence-electron chi connectivity index (χ0n) is 11.6. The molecule has 106 valence electrons. The molecule has 1 heterocycles. The van der Waals surface area contributed by atoms with Gasteiger partial charge in [-0.1, -0.05) is 15.9 Å². The first-order valence-corrected chi connectivity index (χ1v) is 7.67. The van der Waals surface area contributed by atoms with E-state index in [-0.39, 0.29) is 6.04 Å². The Morgan fingerprint density at radius 1 is 1.47 bits per heavy atom. The molecule has 0 saturated carbocycles. The molecule has 1 N–H and O–H groups in total. The Kier molecular flexibility index (Phi) is 5.25. The van der Waals surface area contributed by atoms with Crippen LogP contribution in [0.15, 0.2) is 22.7 Å². The average Bonchev–Trinajstić information content (AvgIpc) is 2.42. The first-order valence-electron chi connectivity index (χ1n) is 6.88. The summed E-state index contributed by atoms with van der Waals surface area (Å²) >= 11 is 3.46. The van der Waals surface area contributed by atoms with Crippen molar-refractivity contribution in [3.05, 3.63) is 28.2 Å². The standard InChI is InChI=1S/C15H22BrNO2/c1-11(14-9-12(16)6-7-15(14)18)17(2)10-13-5-3-4-8-19-13/h6-7,9,11,13,18H,3-5,8,10H2,1-2H3. The molecule has 0 aliphatic carbocycles. The molecule has 1 aromatic carbocycles. The maximum absolute atomic E-state index is 9.98. The summed E-state index contributed by atoms with van der Waals surface area (Å²) in [5.41, 5.74) is 0.952. The van der Waals surface area contributed by atoms with Crippen molar-refractivity contribution in [2.24, 2.45) is 0 Å². The van der Waals surface area contributed by atoms with Gasteiger partial charge in [0.25, 0.3) is 0 Å². The second-order valence-corrected chi connectivity index (χ2v) is 6.22. The molecule has 19 heavy (non-hydrogen) atoms. The lowest BCUT2D eigenvalue weighted by molar-refractivity contribution is -0.00729. The predicted molar refractivity (Wildman–Crippen MR) is 80.4 cm³/mol. The van der Waals surface area contributed by atoms with Gasteiger partial charge in [-0.3, -0.25) is 4.90 Å². The molecule has 1 aromatic rings. The van der Waals surface area contributed by atoms with Crippen molar-refractivity contribution in [3.63, 3.8) is 0 Å². The van der Waals surface area contributed by atoms with Crippen LogP contribution in [0.5, 0.6) is 5.75 Å². The number of rotatable bonds is 4. The number of phenols is 1. The number of aromatic hydroxyl groups is 1. The molecule has 2 unspecified atom stereocenters. The minimum Gasteiger partial charge on any atom is -0.508 e. The highest BCUT2D eigenvalue weighted by Crippen LogP contribution is 2.30. The highest BCUT2D eigenvalue weighted by Gasteiger charge is 2.21. The Labute approximate surface area is 123 Å². The van der Waals surface area contributed by atoms with Gasteiger partial charge in [0, 0.05) is 29.2 Å². The van der Waals surface area contributed by atoms with Crippen LogP contribution in [-0.4, -0.2) is 36.3 Å². The zero-order chi connectivity index (χ0) is 13.8. The van der Waals surface area contributed by atoms with E-state index in [9.17, 15) is 5.11 Å². The minimum absolute atomic E-state index is 0.169. The third-order valence-corrected chi connectivity index (χ3v) is 4.36. The fraction of sp³-hybridized carbons (Fsp3) is 0.600. The van der Waals surface area contributed by atoms with Gasteiger partial charge in [0.15, 0.2) is 0 Å². The van der Waals surface area contributed by atoms with Gasteiger partial charge in [-0.25, -0.2) is 0 Å².